The number of thioether (sulfide) groups is 1. The first-order valence-corrected chi connectivity index (χ1v) is 7.19. The summed E-state index contributed by atoms with van der Waals surface area (Å²) in [4.78, 5) is 16.2. The van der Waals surface area contributed by atoms with Crippen molar-refractivity contribution in [2.24, 2.45) is 4.99 Å². The minimum Gasteiger partial charge on any atom is -0.354 e. The molecular weight excluding hydrogens is 234 g/mol. The van der Waals surface area contributed by atoms with Crippen molar-refractivity contribution in [1.29, 1.82) is 0 Å². The van der Waals surface area contributed by atoms with Gasteiger partial charge in [-0.05, 0) is 26.7 Å². The highest BCUT2D eigenvalue weighted by Gasteiger charge is 2.21. The molecule has 3 atom stereocenters. The van der Waals surface area contributed by atoms with E-state index in [0.717, 1.165) is 24.6 Å². The topological polar surface area (TPSA) is 53.5 Å². The molecule has 98 valence electrons. The SMILES string of the molecule is CCCNC(=O)C(C)NC1=NC(C)CC(C)S1. The zero-order chi connectivity index (χ0) is 12.8. The third-order valence-electron chi connectivity index (χ3n) is 2.61. The average molecular weight is 257 g/mol. The Balaban J connectivity index is 2.44. The monoisotopic (exact) mass is 257 g/mol. The van der Waals surface area contributed by atoms with Crippen LogP contribution in [0.4, 0.5) is 0 Å². The van der Waals surface area contributed by atoms with Crippen molar-refractivity contribution >= 4 is 22.8 Å². The molecule has 1 aliphatic heterocycles. The molecule has 2 N–H and O–H groups in total. The maximum absolute atomic E-state index is 11.7. The zero-order valence-corrected chi connectivity index (χ0v) is 11.9. The fraction of sp³-hybridized carbons (Fsp3) is 0.833. The van der Waals surface area contributed by atoms with Gasteiger partial charge in [-0.2, -0.15) is 0 Å². The van der Waals surface area contributed by atoms with Gasteiger partial charge in [0.1, 0.15) is 6.04 Å². The molecule has 0 aliphatic carbocycles. The number of nitrogens with zero attached hydrogens (tertiary/aromatic N) is 1. The van der Waals surface area contributed by atoms with Gasteiger partial charge >= 0.3 is 0 Å². The van der Waals surface area contributed by atoms with Gasteiger partial charge in [0.05, 0.1) is 6.04 Å². The molecule has 0 spiro atoms. The minimum absolute atomic E-state index is 0.0426. The maximum atomic E-state index is 11.7. The molecule has 5 heteroatoms. The summed E-state index contributed by atoms with van der Waals surface area (Å²) in [5, 5.41) is 7.53. The molecule has 4 nitrogen and oxygen atoms in total. The molecule has 0 aromatic rings. The molecular formula is C12H23N3OS. The Bertz CT molecular complexity index is 293. The molecule has 0 aromatic carbocycles. The number of nitrogens with one attached hydrogen (secondary N) is 2. The van der Waals surface area contributed by atoms with E-state index in [4.69, 9.17) is 0 Å². The quantitative estimate of drug-likeness (QED) is 0.807. The van der Waals surface area contributed by atoms with Crippen LogP contribution in [0.15, 0.2) is 4.99 Å². The standard InChI is InChI=1S/C12H23N3OS/c1-5-6-13-11(16)10(4)15-12-14-8(2)7-9(3)17-12/h8-10H,5-7H2,1-4H3,(H,13,16)(H,14,15). The van der Waals surface area contributed by atoms with Gasteiger partial charge in [-0.1, -0.05) is 25.6 Å². The van der Waals surface area contributed by atoms with E-state index in [9.17, 15) is 4.79 Å². The highest BCUT2D eigenvalue weighted by Crippen LogP contribution is 2.23. The van der Waals surface area contributed by atoms with Gasteiger partial charge < -0.3 is 10.6 Å². The van der Waals surface area contributed by atoms with Crippen LogP contribution in [-0.4, -0.2) is 35.0 Å². The van der Waals surface area contributed by atoms with E-state index >= 15 is 0 Å². The van der Waals surface area contributed by atoms with E-state index in [1.165, 1.54) is 0 Å². The van der Waals surface area contributed by atoms with Gasteiger partial charge in [0.15, 0.2) is 5.17 Å². The molecule has 1 amide bonds. The molecule has 17 heavy (non-hydrogen) atoms. The second-order valence-electron chi connectivity index (χ2n) is 4.60. The van der Waals surface area contributed by atoms with Crippen LogP contribution in [-0.2, 0) is 4.79 Å². The Morgan fingerprint density at radius 3 is 2.88 bits per heavy atom. The van der Waals surface area contributed by atoms with Gasteiger partial charge in [-0.25, -0.2) is 0 Å². The van der Waals surface area contributed by atoms with E-state index in [0.29, 0.717) is 11.3 Å². The van der Waals surface area contributed by atoms with Crippen LogP contribution in [0.1, 0.15) is 40.5 Å². The zero-order valence-electron chi connectivity index (χ0n) is 11.1. The lowest BCUT2D eigenvalue weighted by Gasteiger charge is -2.25. The molecule has 0 aromatic heterocycles. The Hall–Kier alpha value is -0.710. The van der Waals surface area contributed by atoms with E-state index in [1.54, 1.807) is 11.8 Å². The number of amidine groups is 1. The number of hydrogen-bond acceptors (Lipinski definition) is 4. The second kappa shape index (κ2) is 6.89. The molecule has 1 heterocycles. The third-order valence-corrected chi connectivity index (χ3v) is 3.65. The van der Waals surface area contributed by atoms with E-state index in [1.807, 2.05) is 13.8 Å². The summed E-state index contributed by atoms with van der Waals surface area (Å²) in [7, 11) is 0. The Morgan fingerprint density at radius 2 is 2.29 bits per heavy atom. The molecule has 1 rings (SSSR count). The van der Waals surface area contributed by atoms with E-state index in [2.05, 4.69) is 29.5 Å². The largest absolute Gasteiger partial charge is 0.354 e. The lowest BCUT2D eigenvalue weighted by atomic mass is 10.2. The summed E-state index contributed by atoms with van der Waals surface area (Å²) in [5.41, 5.74) is 0. The Morgan fingerprint density at radius 1 is 1.59 bits per heavy atom. The highest BCUT2D eigenvalue weighted by atomic mass is 32.2. The molecule has 0 saturated heterocycles. The van der Waals surface area contributed by atoms with Crippen molar-refractivity contribution in [3.8, 4) is 0 Å². The van der Waals surface area contributed by atoms with Crippen molar-refractivity contribution in [1.82, 2.24) is 10.6 Å². The van der Waals surface area contributed by atoms with Crippen molar-refractivity contribution in [2.75, 3.05) is 6.54 Å². The van der Waals surface area contributed by atoms with Crippen LogP contribution in [0.3, 0.4) is 0 Å². The lowest BCUT2D eigenvalue weighted by Crippen LogP contribution is -2.45. The second-order valence-corrected chi connectivity index (χ2v) is 6.03. The number of rotatable bonds is 4. The Labute approximate surface area is 108 Å². The number of hydrogen-bond donors (Lipinski definition) is 2. The summed E-state index contributed by atoms with van der Waals surface area (Å²) < 4.78 is 0. The predicted octanol–water partition coefficient (Wildman–Crippen LogP) is 1.76. The van der Waals surface area contributed by atoms with Crippen molar-refractivity contribution < 1.29 is 4.79 Å². The van der Waals surface area contributed by atoms with Crippen LogP contribution < -0.4 is 10.6 Å². The molecule has 3 unspecified atom stereocenters. The molecule has 0 saturated carbocycles. The first-order chi connectivity index (χ1) is 8.02. The minimum atomic E-state index is -0.217. The number of aliphatic imine (C=N–C) groups is 1. The number of carbonyl (C=O) groups is 1. The van der Waals surface area contributed by atoms with Crippen molar-refractivity contribution in [3.63, 3.8) is 0 Å². The lowest BCUT2D eigenvalue weighted by molar-refractivity contribution is -0.122. The Kier molecular flexibility index (Phi) is 5.82. The van der Waals surface area contributed by atoms with Crippen LogP contribution in [0.2, 0.25) is 0 Å². The van der Waals surface area contributed by atoms with E-state index < -0.39 is 0 Å². The first-order valence-electron chi connectivity index (χ1n) is 6.31. The van der Waals surface area contributed by atoms with Crippen molar-refractivity contribution in [3.05, 3.63) is 0 Å². The molecule has 0 radical (unpaired) electrons. The first kappa shape index (κ1) is 14.4. The fourth-order valence-corrected chi connectivity index (χ4v) is 2.97. The van der Waals surface area contributed by atoms with Gasteiger partial charge in [0, 0.05) is 11.8 Å². The number of amides is 1. The van der Waals surface area contributed by atoms with Gasteiger partial charge in [-0.3, -0.25) is 9.79 Å². The molecule has 0 bridgehead atoms. The molecule has 0 fully saturated rings. The third kappa shape index (κ3) is 4.98. The predicted molar refractivity (Wildman–Crippen MR) is 74.5 cm³/mol. The average Bonchev–Trinajstić information content (AvgIpc) is 2.24. The van der Waals surface area contributed by atoms with E-state index in [-0.39, 0.29) is 11.9 Å². The summed E-state index contributed by atoms with van der Waals surface area (Å²) in [6, 6.07) is 0.130. The van der Waals surface area contributed by atoms with Gasteiger partial charge in [-0.15, -0.1) is 0 Å². The molecule has 1 aliphatic rings. The van der Waals surface area contributed by atoms with Gasteiger partial charge in [0.25, 0.3) is 0 Å². The van der Waals surface area contributed by atoms with Crippen LogP contribution in [0, 0.1) is 0 Å². The summed E-state index contributed by atoms with van der Waals surface area (Å²) >= 11 is 1.72. The number of carbonyl (C=O) groups excluding carboxylic acids is 1. The summed E-state index contributed by atoms with van der Waals surface area (Å²) in [6.07, 6.45) is 2.06. The van der Waals surface area contributed by atoms with Crippen LogP contribution in [0.25, 0.3) is 0 Å². The fourth-order valence-electron chi connectivity index (χ4n) is 1.73. The smallest absolute Gasteiger partial charge is 0.242 e. The highest BCUT2D eigenvalue weighted by molar-refractivity contribution is 8.14. The van der Waals surface area contributed by atoms with Crippen LogP contribution >= 0.6 is 11.8 Å². The summed E-state index contributed by atoms with van der Waals surface area (Å²) in [5.74, 6) is 0.0426. The normalized spacial score (nSPS) is 26.0. The maximum Gasteiger partial charge on any atom is 0.242 e. The van der Waals surface area contributed by atoms with Gasteiger partial charge in [0.2, 0.25) is 5.91 Å². The summed E-state index contributed by atoms with van der Waals surface area (Å²) in [6.45, 7) is 8.96. The van der Waals surface area contributed by atoms with Crippen LogP contribution in [0.5, 0.6) is 0 Å². The van der Waals surface area contributed by atoms with Crippen molar-refractivity contribution in [2.45, 2.75) is 57.9 Å².